The van der Waals surface area contributed by atoms with Gasteiger partial charge in [-0.3, -0.25) is 0 Å². The molecule has 0 aliphatic carbocycles. The lowest BCUT2D eigenvalue weighted by atomic mass is 9.83. The topological polar surface area (TPSA) is 108 Å². The molecule has 13 heteroatoms. The molecule has 0 aromatic heterocycles. The second kappa shape index (κ2) is 21.2. The minimum absolute atomic E-state index is 0.000721. The Morgan fingerprint density at radius 2 is 1.44 bits per heavy atom. The first-order valence-corrected chi connectivity index (χ1v) is 31.0. The third kappa shape index (κ3) is 13.2. The summed E-state index contributed by atoms with van der Waals surface area (Å²) in [6.45, 7) is 37.6. The van der Waals surface area contributed by atoms with Crippen molar-refractivity contribution < 1.29 is 45.7 Å². The maximum Gasteiger partial charge on any atom is 0.192 e. The highest BCUT2D eigenvalue weighted by molar-refractivity contribution is 7.91. The van der Waals surface area contributed by atoms with Crippen molar-refractivity contribution in [1.29, 1.82) is 0 Å². The van der Waals surface area contributed by atoms with E-state index in [2.05, 4.69) is 94.7 Å². The van der Waals surface area contributed by atoms with Crippen molar-refractivity contribution in [3.63, 3.8) is 0 Å². The van der Waals surface area contributed by atoms with E-state index in [1.807, 2.05) is 12.1 Å². The zero-order valence-corrected chi connectivity index (χ0v) is 43.6. The summed E-state index contributed by atoms with van der Waals surface area (Å²) in [6, 6.07) is 7.29. The van der Waals surface area contributed by atoms with Crippen LogP contribution in [-0.4, -0.2) is 113 Å². The van der Waals surface area contributed by atoms with Gasteiger partial charge in [-0.1, -0.05) is 80.7 Å². The quantitative estimate of drug-likeness (QED) is 0.0927. The predicted octanol–water partition coefficient (Wildman–Crippen LogP) is 10.6. The van der Waals surface area contributed by atoms with E-state index in [1.165, 1.54) is 0 Å². The first-order chi connectivity index (χ1) is 28.8. The van der Waals surface area contributed by atoms with Gasteiger partial charge in [0.2, 0.25) is 0 Å². The lowest BCUT2D eigenvalue weighted by Crippen LogP contribution is -2.49. The van der Waals surface area contributed by atoms with E-state index in [9.17, 15) is 8.42 Å². The van der Waals surface area contributed by atoms with E-state index in [1.54, 1.807) is 19.2 Å². The summed E-state index contributed by atoms with van der Waals surface area (Å²) < 4.78 is 80.8. The van der Waals surface area contributed by atoms with Crippen LogP contribution in [0.2, 0.25) is 36.3 Å². The molecule has 0 saturated carbocycles. The van der Waals surface area contributed by atoms with E-state index in [4.69, 9.17) is 37.3 Å². The van der Waals surface area contributed by atoms with E-state index >= 15 is 0 Å². The van der Waals surface area contributed by atoms with Crippen LogP contribution in [0, 0.1) is 11.8 Å². The fraction of sp³-hybridized carbons (Fsp3) is 0.796. The summed E-state index contributed by atoms with van der Waals surface area (Å²) in [7, 11) is -6.39. The number of aryl methyl sites for hydroxylation is 1. The van der Waals surface area contributed by atoms with Gasteiger partial charge in [-0.2, -0.15) is 0 Å². The molecule has 4 aliphatic heterocycles. The van der Waals surface area contributed by atoms with Gasteiger partial charge in [-0.25, -0.2) is 8.42 Å². The third-order valence-electron chi connectivity index (χ3n) is 15.1. The highest BCUT2D eigenvalue weighted by Crippen LogP contribution is 2.44. The lowest BCUT2D eigenvalue weighted by Gasteiger charge is -2.42. The lowest BCUT2D eigenvalue weighted by molar-refractivity contribution is -0.0791. The minimum Gasteiger partial charge on any atom is -0.414 e. The Morgan fingerprint density at radius 1 is 0.823 bits per heavy atom. The molecule has 1 unspecified atom stereocenters. The molecule has 0 N–H and O–H groups in total. The number of methoxy groups -OCH3 is 1. The fourth-order valence-corrected chi connectivity index (χ4v) is 13.0. The van der Waals surface area contributed by atoms with Gasteiger partial charge in [-0.15, -0.1) is 0 Å². The molecular formula is C49H84O10SSi2. The summed E-state index contributed by atoms with van der Waals surface area (Å²) in [6.07, 6.45) is 5.04. The Labute approximate surface area is 378 Å². The Balaban J connectivity index is 1.36. The molecule has 4 saturated heterocycles. The van der Waals surface area contributed by atoms with Crippen molar-refractivity contribution in [2.75, 3.05) is 32.7 Å². The van der Waals surface area contributed by atoms with Crippen molar-refractivity contribution >= 4 is 26.5 Å². The van der Waals surface area contributed by atoms with Crippen LogP contribution in [0.4, 0.5) is 0 Å². The van der Waals surface area contributed by atoms with Gasteiger partial charge >= 0.3 is 0 Å². The van der Waals surface area contributed by atoms with Gasteiger partial charge in [0.05, 0.1) is 79.3 Å². The Hall–Kier alpha value is -1.24. The average molecular weight is 921 g/mol. The van der Waals surface area contributed by atoms with Crippen LogP contribution in [0.25, 0.3) is 0 Å². The number of ether oxygens (including phenoxy) is 6. The van der Waals surface area contributed by atoms with Gasteiger partial charge in [-0.05, 0) is 110 Å². The van der Waals surface area contributed by atoms with Crippen molar-refractivity contribution in [2.45, 2.75) is 209 Å². The van der Waals surface area contributed by atoms with Gasteiger partial charge < -0.3 is 37.3 Å². The third-order valence-corrected chi connectivity index (χ3v) is 26.0. The number of sulfone groups is 1. The average Bonchev–Trinajstić information content (AvgIpc) is 3.91. The largest absolute Gasteiger partial charge is 0.414 e. The van der Waals surface area contributed by atoms with E-state index in [0.29, 0.717) is 37.6 Å². The molecule has 1 aromatic rings. The molecule has 354 valence electrons. The maximum atomic E-state index is 14.3. The second-order valence-electron chi connectivity index (χ2n) is 21.8. The highest BCUT2D eigenvalue weighted by atomic mass is 32.2. The Bertz CT molecular complexity index is 1730. The standard InChI is InChI=1S/C49H84O10SSi2/c1-16-36-17-21-40(22-18-36)60(50,51)32-41-44(58-45(47(41)52-11)29-39(59-62(14,15)49(8,9)10)31-55-61(12,13)48(5,6)7)30-43-35(4)33(2)27-37(57-43)19-23-42-34(3)28-38(56-42)20-24-46-53-25-26-54-46/h17-18,21-22,33,37-39,41-47H,3-4,16,19-20,23-32H2,1-2,5-15H3/t33-,37-,38-,39?,41-,42-,43+,44-,45+,47-/m0/s1. The molecule has 0 spiro atoms. The van der Waals surface area contributed by atoms with Crippen LogP contribution < -0.4 is 0 Å². The molecule has 10 nitrogen and oxygen atoms in total. The molecule has 4 aliphatic rings. The fourth-order valence-electron chi connectivity index (χ4n) is 8.96. The van der Waals surface area contributed by atoms with Crippen molar-refractivity contribution in [2.24, 2.45) is 11.8 Å². The highest BCUT2D eigenvalue weighted by Gasteiger charge is 2.50. The van der Waals surface area contributed by atoms with Crippen molar-refractivity contribution in [3.8, 4) is 0 Å². The molecule has 10 atom stereocenters. The maximum absolute atomic E-state index is 14.3. The zero-order valence-electron chi connectivity index (χ0n) is 40.8. The van der Waals surface area contributed by atoms with Crippen LogP contribution >= 0.6 is 0 Å². The van der Waals surface area contributed by atoms with E-state index in [-0.39, 0.29) is 58.6 Å². The summed E-state index contributed by atoms with van der Waals surface area (Å²) >= 11 is 0. The molecule has 0 radical (unpaired) electrons. The molecule has 5 rings (SSSR count). The molecule has 4 heterocycles. The SMILES string of the molecule is C=C1C[C@H](CCC2OCCO2)O[C@H]1CC[C@H]1C[C@H](C)C(=C)[C@@H](C[C@@H]2O[C@H](CC(CO[Si](C)(C)C(C)(C)C)O[Si](C)(C)C(C)(C)C)[C@@H](OC)[C@H]2CS(=O)(=O)c2ccc(CC)cc2)O1. The molecular weight excluding hydrogens is 837 g/mol. The van der Waals surface area contributed by atoms with Gasteiger partial charge in [0.15, 0.2) is 32.8 Å². The summed E-state index contributed by atoms with van der Waals surface area (Å²) in [5.41, 5.74) is 3.26. The van der Waals surface area contributed by atoms with E-state index < -0.39 is 50.7 Å². The normalized spacial score (nSPS) is 30.1. The molecule has 0 amide bonds. The van der Waals surface area contributed by atoms with Crippen LogP contribution in [0.3, 0.4) is 0 Å². The first kappa shape index (κ1) is 51.7. The summed E-state index contributed by atoms with van der Waals surface area (Å²) in [5, 5.41) is 0.0159. The van der Waals surface area contributed by atoms with Crippen molar-refractivity contribution in [1.82, 2.24) is 0 Å². The Morgan fingerprint density at radius 3 is 2.03 bits per heavy atom. The molecule has 1 aromatic carbocycles. The van der Waals surface area contributed by atoms with E-state index in [0.717, 1.165) is 61.7 Å². The van der Waals surface area contributed by atoms with Crippen LogP contribution in [-0.2, 0) is 53.5 Å². The predicted molar refractivity (Wildman–Crippen MR) is 253 cm³/mol. The summed E-state index contributed by atoms with van der Waals surface area (Å²) in [4.78, 5) is 0.318. The van der Waals surface area contributed by atoms with Gasteiger partial charge in [0, 0.05) is 32.3 Å². The molecule has 4 fully saturated rings. The monoisotopic (exact) mass is 921 g/mol. The molecule has 62 heavy (non-hydrogen) atoms. The van der Waals surface area contributed by atoms with Gasteiger partial charge in [0.1, 0.15) is 0 Å². The van der Waals surface area contributed by atoms with Crippen LogP contribution in [0.1, 0.15) is 112 Å². The second-order valence-corrected chi connectivity index (χ2v) is 33.4. The Kier molecular flexibility index (Phi) is 17.7. The summed E-state index contributed by atoms with van der Waals surface area (Å²) in [5.74, 6) is -0.323. The number of benzene rings is 1. The number of rotatable bonds is 20. The molecule has 0 bridgehead atoms. The zero-order chi connectivity index (χ0) is 45.8. The smallest absolute Gasteiger partial charge is 0.192 e. The van der Waals surface area contributed by atoms with Crippen LogP contribution in [0.15, 0.2) is 53.5 Å². The minimum atomic E-state index is -3.71. The van der Waals surface area contributed by atoms with Crippen molar-refractivity contribution in [3.05, 3.63) is 54.1 Å². The van der Waals surface area contributed by atoms with Gasteiger partial charge in [0.25, 0.3) is 0 Å². The van der Waals surface area contributed by atoms with Crippen LogP contribution in [0.5, 0.6) is 0 Å². The first-order valence-electron chi connectivity index (χ1n) is 23.6. The number of hydrogen-bond acceptors (Lipinski definition) is 10. The number of hydrogen-bond donors (Lipinski definition) is 0.